The molecular formula is C5H2O2. The Bertz CT molecular complexity index is 119. The van der Waals surface area contributed by atoms with Gasteiger partial charge in [-0.15, -0.1) is 0 Å². The molecule has 2 heteroatoms. The third-order valence-electron chi connectivity index (χ3n) is 0.372. The van der Waals surface area contributed by atoms with E-state index in [9.17, 15) is 9.59 Å². The van der Waals surface area contributed by atoms with E-state index in [1.807, 2.05) is 0 Å². The molecule has 2 nitrogen and oxygen atoms in total. The molecule has 2 radical (unpaired) electrons. The van der Waals surface area contributed by atoms with Gasteiger partial charge in [0.2, 0.25) is 12.1 Å². The number of carbonyl (C=O) groups excluding carboxylic acids is 2. The third kappa shape index (κ3) is 2.71. The third-order valence-corrected chi connectivity index (χ3v) is 0.372. The predicted molar refractivity (Wildman–Crippen MR) is 22.4 cm³/mol. The first-order valence-electron chi connectivity index (χ1n) is 1.62. The Morgan fingerprint density at radius 2 is 2.29 bits per heavy atom. The first-order chi connectivity index (χ1) is 3.31. The fraction of sp³-hybridized carbons (Fsp3) is 0.200. The summed E-state index contributed by atoms with van der Waals surface area (Å²) >= 11 is 0. The molecule has 0 N–H and O–H groups in total. The van der Waals surface area contributed by atoms with Crippen LogP contribution in [0.2, 0.25) is 0 Å². The molecule has 0 aromatic heterocycles. The maximum atomic E-state index is 9.85. The fourth-order valence-corrected chi connectivity index (χ4v) is 0.110. The van der Waals surface area contributed by atoms with Crippen LogP contribution in [0.4, 0.5) is 0 Å². The second-order valence-electron chi connectivity index (χ2n) is 0.869. The lowest BCUT2D eigenvalue weighted by molar-refractivity contribution is -0.112. The number of hydrogen-bond donors (Lipinski definition) is 0. The second-order valence-corrected chi connectivity index (χ2v) is 0.869. The highest BCUT2D eigenvalue weighted by atomic mass is 16.1. The van der Waals surface area contributed by atoms with Gasteiger partial charge in [0.05, 0.1) is 6.42 Å². The van der Waals surface area contributed by atoms with Crippen LogP contribution in [0, 0.1) is 12.3 Å². The molecule has 0 aromatic rings. The van der Waals surface area contributed by atoms with Crippen LogP contribution in [0.15, 0.2) is 0 Å². The zero-order valence-electron chi connectivity index (χ0n) is 3.52. The molecule has 0 heterocycles. The maximum absolute atomic E-state index is 9.85. The lowest BCUT2D eigenvalue weighted by Gasteiger charge is -1.69. The highest BCUT2D eigenvalue weighted by Gasteiger charge is 1.90. The van der Waals surface area contributed by atoms with Crippen LogP contribution < -0.4 is 0 Å². The highest BCUT2D eigenvalue weighted by Crippen LogP contribution is 1.70. The summed E-state index contributed by atoms with van der Waals surface area (Å²) in [4.78, 5) is 19.2. The molecule has 0 aliphatic rings. The molecule has 34 valence electrons. The first-order valence-corrected chi connectivity index (χ1v) is 1.62. The van der Waals surface area contributed by atoms with Crippen molar-refractivity contribution in [2.75, 3.05) is 0 Å². The van der Waals surface area contributed by atoms with Crippen LogP contribution in [0.5, 0.6) is 0 Å². The lowest BCUT2D eigenvalue weighted by Crippen LogP contribution is -1.90. The molecule has 0 spiro atoms. The molecule has 0 amide bonds. The molecule has 0 atom stereocenters. The Labute approximate surface area is 41.5 Å². The monoisotopic (exact) mass is 94.0 g/mol. The van der Waals surface area contributed by atoms with Crippen molar-refractivity contribution in [3.8, 4) is 5.92 Å². The van der Waals surface area contributed by atoms with Crippen LogP contribution in [0.3, 0.4) is 0 Å². The Hall–Kier alpha value is -1.10. The summed E-state index contributed by atoms with van der Waals surface area (Å²) in [5.74, 6) is 0.885. The molecule has 0 unspecified atom stereocenters. The van der Waals surface area contributed by atoms with E-state index in [0.29, 0.717) is 0 Å². The van der Waals surface area contributed by atoms with Crippen molar-refractivity contribution < 1.29 is 9.59 Å². The van der Waals surface area contributed by atoms with Gasteiger partial charge in [0.25, 0.3) is 0 Å². The van der Waals surface area contributed by atoms with E-state index in [1.165, 1.54) is 12.2 Å². The molecule has 0 aliphatic carbocycles. The second kappa shape index (κ2) is 3.10. The van der Waals surface area contributed by atoms with Gasteiger partial charge in [-0.3, -0.25) is 9.59 Å². The number of hydrogen-bond acceptors (Lipinski definition) is 2. The average Bonchev–Trinajstić information content (AvgIpc) is 1.68. The van der Waals surface area contributed by atoms with E-state index in [2.05, 4.69) is 0 Å². The largest absolute Gasteiger partial charge is 0.290 e. The number of Topliss-reactive ketones (excluding diaryl/α,β-unsaturated/α-hetero) is 1. The molecule has 0 fully saturated rings. The van der Waals surface area contributed by atoms with Crippen molar-refractivity contribution in [2.45, 2.75) is 6.42 Å². The SMILES string of the molecule is [C]#CC(=O)C[C]=O. The first kappa shape index (κ1) is 5.90. The summed E-state index contributed by atoms with van der Waals surface area (Å²) in [7, 11) is 0. The fourth-order valence-electron chi connectivity index (χ4n) is 0.110. The van der Waals surface area contributed by atoms with Gasteiger partial charge in [-0.25, -0.2) is 0 Å². The zero-order chi connectivity index (χ0) is 5.70. The van der Waals surface area contributed by atoms with Gasteiger partial charge in [-0.1, -0.05) is 0 Å². The molecular weight excluding hydrogens is 92.1 g/mol. The van der Waals surface area contributed by atoms with Crippen LogP contribution in [0.1, 0.15) is 6.42 Å². The maximum Gasteiger partial charge on any atom is 0.214 e. The van der Waals surface area contributed by atoms with E-state index in [1.54, 1.807) is 0 Å². The summed E-state index contributed by atoms with van der Waals surface area (Å²) in [6.07, 6.45) is 7.13. The quantitative estimate of drug-likeness (QED) is 0.346. The van der Waals surface area contributed by atoms with Gasteiger partial charge in [-0.2, -0.15) is 0 Å². The summed E-state index contributed by atoms with van der Waals surface area (Å²) < 4.78 is 0. The molecule has 0 saturated heterocycles. The molecule has 0 aromatic carbocycles. The van der Waals surface area contributed by atoms with E-state index in [-0.39, 0.29) is 6.42 Å². The topological polar surface area (TPSA) is 34.1 Å². The average molecular weight is 94.1 g/mol. The van der Waals surface area contributed by atoms with Crippen molar-refractivity contribution in [3.05, 3.63) is 6.42 Å². The Kier molecular flexibility index (Phi) is 2.62. The van der Waals surface area contributed by atoms with Crippen LogP contribution in [0.25, 0.3) is 0 Å². The number of carbonyl (C=O) groups is 1. The predicted octanol–water partition coefficient (Wildman–Crippen LogP) is -0.355. The molecule has 0 aliphatic heterocycles. The zero-order valence-corrected chi connectivity index (χ0v) is 3.52. The van der Waals surface area contributed by atoms with E-state index < -0.39 is 5.78 Å². The van der Waals surface area contributed by atoms with Gasteiger partial charge < -0.3 is 0 Å². The van der Waals surface area contributed by atoms with Crippen LogP contribution in [-0.4, -0.2) is 12.1 Å². The molecule has 0 saturated carbocycles. The highest BCUT2D eigenvalue weighted by molar-refractivity contribution is 6.01. The lowest BCUT2D eigenvalue weighted by atomic mass is 10.3. The van der Waals surface area contributed by atoms with Crippen molar-refractivity contribution in [2.24, 2.45) is 0 Å². The molecule has 0 bridgehead atoms. The van der Waals surface area contributed by atoms with Crippen LogP contribution in [-0.2, 0) is 9.59 Å². The van der Waals surface area contributed by atoms with Crippen molar-refractivity contribution in [1.29, 1.82) is 0 Å². The summed E-state index contributed by atoms with van der Waals surface area (Å²) in [6, 6.07) is 0. The summed E-state index contributed by atoms with van der Waals surface area (Å²) in [5.41, 5.74) is 0. The van der Waals surface area contributed by atoms with E-state index in [4.69, 9.17) is 6.42 Å². The molecule has 0 rings (SSSR count). The van der Waals surface area contributed by atoms with Crippen LogP contribution >= 0.6 is 0 Å². The van der Waals surface area contributed by atoms with Gasteiger partial charge in [-0.05, 0) is 12.3 Å². The normalized spacial score (nSPS) is 6.71. The van der Waals surface area contributed by atoms with Gasteiger partial charge in [0, 0.05) is 0 Å². The van der Waals surface area contributed by atoms with Gasteiger partial charge >= 0.3 is 0 Å². The Morgan fingerprint density at radius 3 is 2.43 bits per heavy atom. The number of rotatable bonds is 2. The van der Waals surface area contributed by atoms with E-state index in [0.717, 1.165) is 0 Å². The molecule has 7 heavy (non-hydrogen) atoms. The van der Waals surface area contributed by atoms with Crippen molar-refractivity contribution in [1.82, 2.24) is 0 Å². The number of ketones is 1. The Balaban J connectivity index is 3.43. The van der Waals surface area contributed by atoms with Crippen molar-refractivity contribution >= 4 is 12.1 Å². The van der Waals surface area contributed by atoms with E-state index >= 15 is 0 Å². The van der Waals surface area contributed by atoms with Gasteiger partial charge in [0.15, 0.2) is 0 Å². The van der Waals surface area contributed by atoms with Gasteiger partial charge in [0.1, 0.15) is 0 Å². The smallest absolute Gasteiger partial charge is 0.214 e. The standard InChI is InChI=1S/C5H2O2/c1-2-5(7)3-4-6/h3H2. The summed E-state index contributed by atoms with van der Waals surface area (Å²) in [6.45, 7) is 0. The minimum Gasteiger partial charge on any atom is -0.290 e. The minimum absolute atomic E-state index is 0.344. The Morgan fingerprint density at radius 1 is 1.71 bits per heavy atom. The summed E-state index contributed by atoms with van der Waals surface area (Å²) in [5, 5.41) is 0. The minimum atomic E-state index is -0.630. The van der Waals surface area contributed by atoms with Crippen molar-refractivity contribution in [3.63, 3.8) is 0 Å².